The molecule has 2 aromatic heterocycles. The highest BCUT2D eigenvalue weighted by Crippen LogP contribution is 2.34. The second-order valence-electron chi connectivity index (χ2n) is 6.96. The molecule has 2 fully saturated rings. The molecule has 1 spiro atoms. The van der Waals surface area contributed by atoms with E-state index in [4.69, 9.17) is 9.26 Å². The number of nitrogens with zero attached hydrogens (tertiary/aromatic N) is 4. The number of aromatic nitrogens is 3. The predicted molar refractivity (Wildman–Crippen MR) is 89.9 cm³/mol. The van der Waals surface area contributed by atoms with E-state index in [-0.39, 0.29) is 11.6 Å². The number of morpholine rings is 1. The Kier molecular flexibility index (Phi) is 3.97. The van der Waals surface area contributed by atoms with Crippen LogP contribution in [0.2, 0.25) is 0 Å². The average molecular weight is 329 g/mol. The number of anilines is 1. The molecule has 0 bridgehead atoms. The lowest BCUT2D eigenvalue weighted by Crippen LogP contribution is -2.61. The molecule has 1 N–H and O–H groups in total. The molecule has 0 amide bonds. The van der Waals surface area contributed by atoms with Crippen molar-refractivity contribution in [2.75, 3.05) is 32.1 Å². The van der Waals surface area contributed by atoms with Gasteiger partial charge in [0.1, 0.15) is 5.82 Å². The van der Waals surface area contributed by atoms with Crippen LogP contribution < -0.4 is 10.2 Å². The van der Waals surface area contributed by atoms with E-state index >= 15 is 0 Å². The van der Waals surface area contributed by atoms with Gasteiger partial charge in [0.15, 0.2) is 0 Å². The van der Waals surface area contributed by atoms with Crippen molar-refractivity contribution in [1.82, 2.24) is 20.4 Å². The zero-order valence-corrected chi connectivity index (χ0v) is 14.2. The van der Waals surface area contributed by atoms with E-state index in [0.717, 1.165) is 24.5 Å². The molecule has 7 heteroatoms. The van der Waals surface area contributed by atoms with Crippen LogP contribution in [0.25, 0.3) is 11.4 Å². The molecule has 24 heavy (non-hydrogen) atoms. The lowest BCUT2D eigenvalue weighted by molar-refractivity contribution is -0.0618. The molecule has 1 atom stereocenters. The first-order valence-electron chi connectivity index (χ1n) is 8.47. The molecule has 1 saturated carbocycles. The summed E-state index contributed by atoms with van der Waals surface area (Å²) in [5.74, 6) is 2.07. The Hall–Kier alpha value is -1.99. The average Bonchev–Trinajstić information content (AvgIpc) is 3.03. The van der Waals surface area contributed by atoms with Crippen molar-refractivity contribution in [3.63, 3.8) is 0 Å². The quantitative estimate of drug-likeness (QED) is 0.914. The van der Waals surface area contributed by atoms with Crippen LogP contribution in [0.1, 0.15) is 25.2 Å². The third kappa shape index (κ3) is 3.01. The first kappa shape index (κ1) is 15.5. The fourth-order valence-corrected chi connectivity index (χ4v) is 3.23. The van der Waals surface area contributed by atoms with E-state index in [9.17, 15) is 0 Å². The maximum atomic E-state index is 6.00. The maximum Gasteiger partial charge on any atom is 0.229 e. The molecule has 1 unspecified atom stereocenters. The lowest BCUT2D eigenvalue weighted by Gasteiger charge is -2.47. The Morgan fingerprint density at radius 3 is 2.92 bits per heavy atom. The van der Waals surface area contributed by atoms with E-state index in [2.05, 4.69) is 20.4 Å². The van der Waals surface area contributed by atoms with Gasteiger partial charge in [-0.3, -0.25) is 0 Å². The number of hydrogen-bond donors (Lipinski definition) is 1. The molecule has 1 saturated heterocycles. The smallest absolute Gasteiger partial charge is 0.229 e. The molecular formula is C17H23N5O2. The number of rotatable bonds is 4. The Morgan fingerprint density at radius 1 is 1.38 bits per heavy atom. The highest BCUT2D eigenvalue weighted by atomic mass is 16.5. The second-order valence-corrected chi connectivity index (χ2v) is 6.96. The molecule has 2 aromatic rings. The van der Waals surface area contributed by atoms with Gasteiger partial charge in [-0.2, -0.15) is 4.98 Å². The molecular weight excluding hydrogens is 306 g/mol. The summed E-state index contributed by atoms with van der Waals surface area (Å²) in [6.07, 6.45) is 6.24. The molecule has 7 nitrogen and oxygen atoms in total. The molecule has 4 rings (SSSR count). The summed E-state index contributed by atoms with van der Waals surface area (Å²) in [4.78, 5) is 10.8. The largest absolute Gasteiger partial charge is 0.374 e. The topological polar surface area (TPSA) is 76.3 Å². The highest BCUT2D eigenvalue weighted by molar-refractivity contribution is 5.59. The summed E-state index contributed by atoms with van der Waals surface area (Å²) in [6, 6.07) is 3.84. The third-order valence-corrected chi connectivity index (χ3v) is 4.94. The number of pyridine rings is 1. The Morgan fingerprint density at radius 2 is 2.25 bits per heavy atom. The van der Waals surface area contributed by atoms with Gasteiger partial charge < -0.3 is 19.5 Å². The summed E-state index contributed by atoms with van der Waals surface area (Å²) >= 11 is 0. The number of ether oxygens (including phenoxy) is 1. The minimum atomic E-state index is 0.0966. The summed E-state index contributed by atoms with van der Waals surface area (Å²) < 4.78 is 11.4. The first-order valence-corrected chi connectivity index (χ1v) is 8.47. The third-order valence-electron chi connectivity index (χ3n) is 4.94. The van der Waals surface area contributed by atoms with Gasteiger partial charge in [-0.15, -0.1) is 0 Å². The van der Waals surface area contributed by atoms with Crippen LogP contribution in [0.4, 0.5) is 5.82 Å². The SMILES string of the molecule is CN(C)c1cc(-c2noc(CC3CNC4(CCC4)CO3)n2)ccn1. The molecule has 0 radical (unpaired) electrons. The van der Waals surface area contributed by atoms with Crippen molar-refractivity contribution < 1.29 is 9.26 Å². The van der Waals surface area contributed by atoms with Crippen molar-refractivity contribution in [3.05, 3.63) is 24.2 Å². The number of hydrogen-bond acceptors (Lipinski definition) is 7. The minimum Gasteiger partial charge on any atom is -0.374 e. The molecule has 2 aliphatic rings. The fraction of sp³-hybridized carbons (Fsp3) is 0.588. The van der Waals surface area contributed by atoms with Gasteiger partial charge in [0.25, 0.3) is 0 Å². The molecule has 3 heterocycles. The van der Waals surface area contributed by atoms with Crippen LogP contribution in [0.5, 0.6) is 0 Å². The Labute approximate surface area is 141 Å². The summed E-state index contributed by atoms with van der Waals surface area (Å²) in [5.41, 5.74) is 1.15. The van der Waals surface area contributed by atoms with Gasteiger partial charge in [0, 0.05) is 37.9 Å². The maximum absolute atomic E-state index is 6.00. The van der Waals surface area contributed by atoms with Crippen molar-refractivity contribution in [1.29, 1.82) is 0 Å². The summed E-state index contributed by atoms with van der Waals surface area (Å²) in [5, 5.41) is 7.73. The first-order chi connectivity index (χ1) is 11.6. The van der Waals surface area contributed by atoms with Gasteiger partial charge in [-0.1, -0.05) is 5.16 Å². The monoisotopic (exact) mass is 329 g/mol. The Bertz CT molecular complexity index is 701. The van der Waals surface area contributed by atoms with Gasteiger partial charge in [0.2, 0.25) is 11.7 Å². The number of nitrogens with one attached hydrogen (secondary N) is 1. The van der Waals surface area contributed by atoms with E-state index < -0.39 is 0 Å². The normalized spacial score (nSPS) is 22.3. The van der Waals surface area contributed by atoms with Gasteiger partial charge in [-0.05, 0) is 31.4 Å². The van der Waals surface area contributed by atoms with Crippen molar-refractivity contribution in [3.8, 4) is 11.4 Å². The Balaban J connectivity index is 1.41. The van der Waals surface area contributed by atoms with E-state index in [1.807, 2.05) is 31.1 Å². The molecule has 1 aliphatic heterocycles. The van der Waals surface area contributed by atoms with Crippen molar-refractivity contribution >= 4 is 5.82 Å². The summed E-state index contributed by atoms with van der Waals surface area (Å²) in [7, 11) is 3.91. The van der Waals surface area contributed by atoms with E-state index in [0.29, 0.717) is 18.1 Å². The van der Waals surface area contributed by atoms with Crippen LogP contribution in [0.3, 0.4) is 0 Å². The van der Waals surface area contributed by atoms with Crippen LogP contribution in [0, 0.1) is 0 Å². The zero-order valence-electron chi connectivity index (χ0n) is 14.2. The van der Waals surface area contributed by atoms with E-state index in [1.165, 1.54) is 19.3 Å². The fourth-order valence-electron chi connectivity index (χ4n) is 3.23. The molecule has 1 aliphatic carbocycles. The van der Waals surface area contributed by atoms with Crippen LogP contribution in [-0.4, -0.2) is 54.0 Å². The second kappa shape index (κ2) is 6.14. The molecule has 128 valence electrons. The standard InChI is InChI=1S/C17H23N5O2/c1-22(2)14-8-12(4-7-18-14)16-20-15(24-21-16)9-13-10-19-17(11-23-13)5-3-6-17/h4,7-8,13,19H,3,5-6,9-11H2,1-2H3. The van der Waals surface area contributed by atoms with Gasteiger partial charge in [0.05, 0.1) is 19.1 Å². The minimum absolute atomic E-state index is 0.0966. The van der Waals surface area contributed by atoms with Gasteiger partial charge >= 0.3 is 0 Å². The van der Waals surface area contributed by atoms with Gasteiger partial charge in [-0.25, -0.2) is 4.98 Å². The van der Waals surface area contributed by atoms with Crippen LogP contribution >= 0.6 is 0 Å². The highest BCUT2D eigenvalue weighted by Gasteiger charge is 2.40. The van der Waals surface area contributed by atoms with Crippen molar-refractivity contribution in [2.45, 2.75) is 37.3 Å². The van der Waals surface area contributed by atoms with E-state index in [1.54, 1.807) is 6.20 Å². The predicted octanol–water partition coefficient (Wildman–Crippen LogP) is 1.65. The zero-order chi connectivity index (χ0) is 16.6. The molecule has 0 aromatic carbocycles. The van der Waals surface area contributed by atoms with Crippen molar-refractivity contribution in [2.24, 2.45) is 0 Å². The summed E-state index contributed by atoms with van der Waals surface area (Å²) in [6.45, 7) is 1.63. The van der Waals surface area contributed by atoms with Crippen LogP contribution in [-0.2, 0) is 11.2 Å². The van der Waals surface area contributed by atoms with Crippen LogP contribution in [0.15, 0.2) is 22.9 Å². The lowest BCUT2D eigenvalue weighted by atomic mass is 9.76.